The summed E-state index contributed by atoms with van der Waals surface area (Å²) in [5.41, 5.74) is 8.72. The largest absolute Gasteiger partial charge is 0.345 e. The lowest BCUT2D eigenvalue weighted by Crippen LogP contribution is -2.34. The van der Waals surface area contributed by atoms with E-state index in [4.69, 9.17) is 5.73 Å². The molecule has 3 heterocycles. The predicted octanol–water partition coefficient (Wildman–Crippen LogP) is 2.16. The van der Waals surface area contributed by atoms with Crippen molar-refractivity contribution in [2.75, 3.05) is 6.54 Å². The Labute approximate surface area is 122 Å². The Morgan fingerprint density at radius 3 is 2.90 bits per heavy atom. The van der Waals surface area contributed by atoms with Gasteiger partial charge in [-0.15, -0.1) is 10.2 Å². The van der Waals surface area contributed by atoms with Crippen molar-refractivity contribution in [3.8, 4) is 0 Å². The number of fused-ring (bicyclic) bond motifs is 3. The van der Waals surface area contributed by atoms with E-state index in [1.54, 1.807) is 6.20 Å². The van der Waals surface area contributed by atoms with Crippen LogP contribution < -0.4 is 5.73 Å². The summed E-state index contributed by atoms with van der Waals surface area (Å²) in [6, 6.07) is 2.04. The minimum atomic E-state index is 0.0674. The van der Waals surface area contributed by atoms with E-state index in [1.807, 2.05) is 12.3 Å². The number of hydrogen-bond donors (Lipinski definition) is 2. The summed E-state index contributed by atoms with van der Waals surface area (Å²) in [6.07, 6.45) is 10.8. The maximum Gasteiger partial charge on any atom is 0.179 e. The van der Waals surface area contributed by atoms with Crippen LogP contribution in [0.1, 0.15) is 44.3 Å². The third-order valence-corrected chi connectivity index (χ3v) is 4.85. The van der Waals surface area contributed by atoms with Crippen molar-refractivity contribution < 1.29 is 0 Å². The van der Waals surface area contributed by atoms with E-state index < -0.39 is 0 Å². The normalized spacial score (nSPS) is 18.5. The van der Waals surface area contributed by atoms with Gasteiger partial charge in [0.15, 0.2) is 11.3 Å². The first kappa shape index (κ1) is 12.8. The van der Waals surface area contributed by atoms with Crippen LogP contribution in [0.2, 0.25) is 0 Å². The van der Waals surface area contributed by atoms with Gasteiger partial charge in [0.25, 0.3) is 0 Å². The van der Waals surface area contributed by atoms with Crippen LogP contribution in [0.3, 0.4) is 0 Å². The van der Waals surface area contributed by atoms with Crippen molar-refractivity contribution in [3.63, 3.8) is 0 Å². The lowest BCUT2D eigenvalue weighted by atomic mass is 9.71. The molecule has 0 bridgehead atoms. The van der Waals surface area contributed by atoms with Crippen LogP contribution in [0.25, 0.3) is 16.8 Å². The molecule has 0 atom stereocenters. The molecule has 1 aliphatic rings. The van der Waals surface area contributed by atoms with Gasteiger partial charge in [0, 0.05) is 11.6 Å². The first-order valence-corrected chi connectivity index (χ1v) is 7.72. The van der Waals surface area contributed by atoms with Crippen LogP contribution in [-0.4, -0.2) is 31.1 Å². The van der Waals surface area contributed by atoms with Crippen LogP contribution in [-0.2, 0) is 5.41 Å². The van der Waals surface area contributed by atoms with Gasteiger partial charge in [0.2, 0.25) is 0 Å². The molecule has 0 unspecified atom stereocenters. The number of nitrogens with two attached hydrogens (primary N) is 1. The van der Waals surface area contributed by atoms with Gasteiger partial charge < -0.3 is 10.7 Å². The molecule has 0 amide bonds. The van der Waals surface area contributed by atoms with E-state index in [2.05, 4.69) is 24.6 Å². The fourth-order valence-corrected chi connectivity index (χ4v) is 3.81. The molecular formula is C15H20N6. The molecule has 0 saturated heterocycles. The second-order valence-corrected chi connectivity index (χ2v) is 6.07. The van der Waals surface area contributed by atoms with Gasteiger partial charge in [0.05, 0.1) is 11.7 Å². The van der Waals surface area contributed by atoms with Crippen LogP contribution in [0.5, 0.6) is 0 Å². The second-order valence-electron chi connectivity index (χ2n) is 6.07. The van der Waals surface area contributed by atoms with Gasteiger partial charge in [-0.3, -0.25) is 4.40 Å². The third-order valence-electron chi connectivity index (χ3n) is 4.85. The van der Waals surface area contributed by atoms with Crippen molar-refractivity contribution in [2.45, 2.75) is 43.9 Å². The van der Waals surface area contributed by atoms with E-state index in [9.17, 15) is 0 Å². The van der Waals surface area contributed by atoms with Crippen LogP contribution in [0.4, 0.5) is 0 Å². The molecule has 1 fully saturated rings. The predicted molar refractivity (Wildman–Crippen MR) is 81.1 cm³/mol. The van der Waals surface area contributed by atoms with E-state index >= 15 is 0 Å². The summed E-state index contributed by atoms with van der Waals surface area (Å²) < 4.78 is 2.17. The molecule has 1 aliphatic carbocycles. The highest BCUT2D eigenvalue weighted by molar-refractivity contribution is 5.74. The summed E-state index contributed by atoms with van der Waals surface area (Å²) in [5, 5.41) is 8.89. The lowest BCUT2D eigenvalue weighted by Gasteiger charge is -2.35. The molecule has 21 heavy (non-hydrogen) atoms. The molecule has 0 radical (unpaired) electrons. The van der Waals surface area contributed by atoms with E-state index in [-0.39, 0.29) is 5.41 Å². The van der Waals surface area contributed by atoms with Crippen molar-refractivity contribution in [3.05, 3.63) is 24.3 Å². The fraction of sp³-hybridized carbons (Fsp3) is 0.533. The van der Waals surface area contributed by atoms with E-state index in [0.717, 1.165) is 41.9 Å². The zero-order valence-electron chi connectivity index (χ0n) is 12.0. The maximum absolute atomic E-state index is 5.91. The van der Waals surface area contributed by atoms with E-state index in [0.29, 0.717) is 6.54 Å². The molecule has 0 aliphatic heterocycles. The number of rotatable bonds is 3. The standard InChI is InChI=1S/C15H20N6/c16-8-7-15(5-2-1-3-6-15)14-20-19-12-10-18-13-11(21(12)14)4-9-17-13/h4,9-10,17H,1-3,5-8,16H2. The quantitative estimate of drug-likeness (QED) is 0.771. The number of H-pyrrole nitrogens is 1. The van der Waals surface area contributed by atoms with Crippen LogP contribution in [0.15, 0.2) is 18.5 Å². The Hall–Kier alpha value is -1.95. The Morgan fingerprint density at radius 2 is 2.10 bits per heavy atom. The number of nitrogens with one attached hydrogen (secondary N) is 1. The molecule has 3 aromatic heterocycles. The molecule has 4 rings (SSSR count). The smallest absolute Gasteiger partial charge is 0.179 e. The monoisotopic (exact) mass is 284 g/mol. The van der Waals surface area contributed by atoms with Gasteiger partial charge in [-0.05, 0) is 31.9 Å². The summed E-state index contributed by atoms with van der Waals surface area (Å²) in [4.78, 5) is 7.56. The Morgan fingerprint density at radius 1 is 1.24 bits per heavy atom. The summed E-state index contributed by atoms with van der Waals surface area (Å²) in [5.74, 6) is 1.06. The summed E-state index contributed by atoms with van der Waals surface area (Å²) >= 11 is 0. The molecule has 6 heteroatoms. The number of nitrogens with zero attached hydrogens (tertiary/aromatic N) is 4. The van der Waals surface area contributed by atoms with Gasteiger partial charge in [-0.25, -0.2) is 4.98 Å². The Kier molecular flexibility index (Phi) is 2.92. The second kappa shape index (κ2) is 4.80. The molecule has 3 aromatic rings. The molecule has 6 nitrogen and oxygen atoms in total. The minimum Gasteiger partial charge on any atom is -0.345 e. The average molecular weight is 284 g/mol. The average Bonchev–Trinajstić information content (AvgIpc) is 3.14. The van der Waals surface area contributed by atoms with Crippen molar-refractivity contribution >= 4 is 16.8 Å². The molecule has 3 N–H and O–H groups in total. The highest BCUT2D eigenvalue weighted by atomic mass is 15.3. The summed E-state index contributed by atoms with van der Waals surface area (Å²) in [6.45, 7) is 0.691. The van der Waals surface area contributed by atoms with Crippen molar-refractivity contribution in [1.82, 2.24) is 24.6 Å². The SMILES string of the molecule is NCCC1(c2nnc3cnc4[nH]ccc4n23)CCCCC1. The molecule has 0 spiro atoms. The fourth-order valence-electron chi connectivity index (χ4n) is 3.81. The zero-order valence-corrected chi connectivity index (χ0v) is 12.0. The molecule has 110 valence electrons. The van der Waals surface area contributed by atoms with E-state index in [1.165, 1.54) is 19.3 Å². The topological polar surface area (TPSA) is 84.9 Å². The van der Waals surface area contributed by atoms with Gasteiger partial charge >= 0.3 is 0 Å². The third kappa shape index (κ3) is 1.86. The minimum absolute atomic E-state index is 0.0674. The molecular weight excluding hydrogens is 264 g/mol. The maximum atomic E-state index is 5.91. The number of hydrogen-bond acceptors (Lipinski definition) is 4. The first-order valence-electron chi connectivity index (χ1n) is 7.72. The first-order chi connectivity index (χ1) is 10.3. The van der Waals surface area contributed by atoms with Gasteiger partial charge in [-0.1, -0.05) is 19.3 Å². The molecule has 0 aromatic carbocycles. The van der Waals surface area contributed by atoms with Crippen LogP contribution >= 0.6 is 0 Å². The van der Waals surface area contributed by atoms with Crippen molar-refractivity contribution in [2.24, 2.45) is 5.73 Å². The highest BCUT2D eigenvalue weighted by Crippen LogP contribution is 2.41. The van der Waals surface area contributed by atoms with Gasteiger partial charge in [-0.2, -0.15) is 0 Å². The highest BCUT2D eigenvalue weighted by Gasteiger charge is 2.37. The van der Waals surface area contributed by atoms with Crippen LogP contribution in [0, 0.1) is 0 Å². The lowest BCUT2D eigenvalue weighted by molar-refractivity contribution is 0.262. The summed E-state index contributed by atoms with van der Waals surface area (Å²) in [7, 11) is 0. The number of aromatic nitrogens is 5. The Bertz CT molecular complexity index is 759. The van der Waals surface area contributed by atoms with Crippen molar-refractivity contribution in [1.29, 1.82) is 0 Å². The van der Waals surface area contributed by atoms with Gasteiger partial charge in [0.1, 0.15) is 5.82 Å². The Balaban J connectivity index is 1.97. The zero-order chi connectivity index (χ0) is 14.3. The molecule has 1 saturated carbocycles. The number of aromatic amines is 1.